The molecule has 27 heavy (non-hydrogen) atoms. The fourth-order valence-electron chi connectivity index (χ4n) is 6.38. The van der Waals surface area contributed by atoms with E-state index in [0.717, 1.165) is 18.4 Å². The lowest BCUT2D eigenvalue weighted by atomic mass is 9.71. The Morgan fingerprint density at radius 3 is 2.33 bits per heavy atom. The normalized spacial score (nSPS) is 31.9. The Balaban J connectivity index is 0.00000180. The molecule has 1 aromatic rings. The van der Waals surface area contributed by atoms with Crippen LogP contribution in [0.3, 0.4) is 0 Å². The average molecular weight is 390 g/mol. The molecule has 1 aromatic carbocycles. The zero-order valence-corrected chi connectivity index (χ0v) is 17.4. The van der Waals surface area contributed by atoms with E-state index in [9.17, 15) is 0 Å². The van der Waals surface area contributed by atoms with Crippen LogP contribution in [0.2, 0.25) is 0 Å². The molecule has 2 aliphatic heterocycles. The van der Waals surface area contributed by atoms with Crippen LogP contribution in [0.15, 0.2) is 18.2 Å². The number of halogens is 1. The minimum atomic E-state index is 0. The first-order chi connectivity index (χ1) is 12.9. The van der Waals surface area contributed by atoms with Crippen molar-refractivity contribution in [3.8, 4) is 0 Å². The number of fused-ring (bicyclic) bond motifs is 3. The first-order valence-corrected chi connectivity index (χ1v) is 11.4. The van der Waals surface area contributed by atoms with Crippen LogP contribution in [-0.2, 0) is 4.74 Å². The lowest BCUT2D eigenvalue weighted by Crippen LogP contribution is -2.46. The molecule has 0 spiro atoms. The van der Waals surface area contributed by atoms with E-state index in [0.29, 0.717) is 18.1 Å². The van der Waals surface area contributed by atoms with E-state index in [1.165, 1.54) is 88.3 Å². The lowest BCUT2D eigenvalue weighted by molar-refractivity contribution is -0.0458. The SMILES string of the molecule is Cl.c1cc2c(cc1C1CCCCC1)[C@H]1OCCC[C@H]1[C@@H](C1CCCCC1)N2. The summed E-state index contributed by atoms with van der Waals surface area (Å²) < 4.78 is 6.43. The first-order valence-electron chi connectivity index (χ1n) is 11.4. The zero-order valence-electron chi connectivity index (χ0n) is 16.6. The number of hydrogen-bond donors (Lipinski definition) is 1. The van der Waals surface area contributed by atoms with Crippen LogP contribution in [0.25, 0.3) is 0 Å². The maximum absolute atomic E-state index is 6.43. The molecule has 2 nitrogen and oxygen atoms in total. The van der Waals surface area contributed by atoms with Crippen molar-refractivity contribution in [1.29, 1.82) is 0 Å². The van der Waals surface area contributed by atoms with Gasteiger partial charge in [-0.2, -0.15) is 0 Å². The minimum Gasteiger partial charge on any atom is -0.381 e. The summed E-state index contributed by atoms with van der Waals surface area (Å²) in [7, 11) is 0. The second kappa shape index (κ2) is 8.74. The molecule has 5 rings (SSSR count). The van der Waals surface area contributed by atoms with Crippen LogP contribution in [0.1, 0.15) is 100 Å². The molecule has 1 N–H and O–H groups in total. The van der Waals surface area contributed by atoms with Crippen molar-refractivity contribution in [2.45, 2.75) is 95.1 Å². The highest BCUT2D eigenvalue weighted by Gasteiger charge is 2.42. The number of anilines is 1. The Bertz CT molecular complexity index is 621. The summed E-state index contributed by atoms with van der Waals surface area (Å²) in [6.07, 6.45) is 17.0. The van der Waals surface area contributed by atoms with Gasteiger partial charge in [0.25, 0.3) is 0 Å². The quantitative estimate of drug-likeness (QED) is 0.587. The van der Waals surface area contributed by atoms with Crippen molar-refractivity contribution in [1.82, 2.24) is 0 Å². The predicted molar refractivity (Wildman–Crippen MR) is 115 cm³/mol. The molecule has 0 aromatic heterocycles. The van der Waals surface area contributed by atoms with Gasteiger partial charge >= 0.3 is 0 Å². The maximum atomic E-state index is 6.43. The van der Waals surface area contributed by atoms with Crippen molar-refractivity contribution < 1.29 is 4.74 Å². The fraction of sp³-hybridized carbons (Fsp3) is 0.750. The van der Waals surface area contributed by atoms with E-state index < -0.39 is 0 Å². The van der Waals surface area contributed by atoms with Crippen LogP contribution in [0.5, 0.6) is 0 Å². The molecule has 150 valence electrons. The van der Waals surface area contributed by atoms with E-state index in [1.54, 1.807) is 5.56 Å². The summed E-state index contributed by atoms with van der Waals surface area (Å²) in [4.78, 5) is 0. The highest BCUT2D eigenvalue weighted by molar-refractivity contribution is 5.85. The molecule has 2 heterocycles. The van der Waals surface area contributed by atoms with E-state index in [4.69, 9.17) is 4.74 Å². The van der Waals surface area contributed by atoms with Gasteiger partial charge in [0.15, 0.2) is 0 Å². The van der Waals surface area contributed by atoms with Crippen LogP contribution in [-0.4, -0.2) is 12.6 Å². The van der Waals surface area contributed by atoms with Gasteiger partial charge in [-0.15, -0.1) is 12.4 Å². The standard InChI is InChI=1S/C24H35NO.ClH/c1-3-8-17(9-4-1)19-13-14-22-21(16-19)24-20(12-7-15-26-24)23(25-22)18-10-5-2-6-11-18;/h13-14,16-18,20,23-25H,1-12,15H2;1H/t20-,23+,24-;/m0./s1. The van der Waals surface area contributed by atoms with Crippen molar-refractivity contribution in [2.24, 2.45) is 11.8 Å². The van der Waals surface area contributed by atoms with Gasteiger partial charge in [-0.3, -0.25) is 0 Å². The Labute approximate surface area is 171 Å². The van der Waals surface area contributed by atoms with Gasteiger partial charge in [-0.25, -0.2) is 0 Å². The number of ether oxygens (including phenoxy) is 1. The Morgan fingerprint density at radius 2 is 1.56 bits per heavy atom. The van der Waals surface area contributed by atoms with Crippen LogP contribution in [0.4, 0.5) is 5.69 Å². The zero-order chi connectivity index (χ0) is 17.3. The molecule has 3 heteroatoms. The summed E-state index contributed by atoms with van der Waals surface area (Å²) in [5.74, 6) is 2.32. The second-order valence-electron chi connectivity index (χ2n) is 9.35. The molecule has 3 fully saturated rings. The highest BCUT2D eigenvalue weighted by Crippen LogP contribution is 2.48. The lowest BCUT2D eigenvalue weighted by Gasteiger charge is -2.47. The van der Waals surface area contributed by atoms with Crippen LogP contribution in [0, 0.1) is 11.8 Å². The van der Waals surface area contributed by atoms with Crippen molar-refractivity contribution >= 4 is 18.1 Å². The van der Waals surface area contributed by atoms with Crippen molar-refractivity contribution in [3.63, 3.8) is 0 Å². The van der Waals surface area contributed by atoms with Gasteiger partial charge in [-0.1, -0.05) is 50.7 Å². The third-order valence-corrected chi connectivity index (χ3v) is 7.77. The van der Waals surface area contributed by atoms with E-state index in [1.807, 2.05) is 0 Å². The second-order valence-corrected chi connectivity index (χ2v) is 9.35. The third-order valence-electron chi connectivity index (χ3n) is 7.77. The van der Waals surface area contributed by atoms with Crippen molar-refractivity contribution in [3.05, 3.63) is 29.3 Å². The van der Waals surface area contributed by atoms with Crippen molar-refractivity contribution in [2.75, 3.05) is 11.9 Å². The maximum Gasteiger partial charge on any atom is 0.0892 e. The summed E-state index contributed by atoms with van der Waals surface area (Å²) in [6, 6.07) is 7.97. The molecule has 4 aliphatic rings. The highest BCUT2D eigenvalue weighted by atomic mass is 35.5. The molecule has 0 bridgehead atoms. The first kappa shape index (κ1) is 19.6. The monoisotopic (exact) mass is 389 g/mol. The predicted octanol–water partition coefficient (Wildman–Crippen LogP) is 7.00. The number of hydrogen-bond acceptors (Lipinski definition) is 2. The topological polar surface area (TPSA) is 21.3 Å². The molecule has 2 aliphatic carbocycles. The number of rotatable bonds is 2. The largest absolute Gasteiger partial charge is 0.381 e. The number of nitrogens with one attached hydrogen (secondary N) is 1. The average Bonchev–Trinajstić information content (AvgIpc) is 2.74. The van der Waals surface area contributed by atoms with Crippen LogP contribution >= 0.6 is 12.4 Å². The summed E-state index contributed by atoms with van der Waals surface area (Å²) in [6.45, 7) is 0.950. The van der Waals surface area contributed by atoms with Gasteiger partial charge in [0.1, 0.15) is 0 Å². The molecular weight excluding hydrogens is 354 g/mol. The minimum absolute atomic E-state index is 0. The summed E-state index contributed by atoms with van der Waals surface area (Å²) in [5, 5.41) is 4.02. The fourth-order valence-corrected chi connectivity index (χ4v) is 6.38. The molecule has 2 saturated carbocycles. The molecule has 0 amide bonds. The van der Waals surface area contributed by atoms with E-state index in [2.05, 4.69) is 23.5 Å². The van der Waals surface area contributed by atoms with Crippen LogP contribution < -0.4 is 5.32 Å². The number of benzene rings is 1. The van der Waals surface area contributed by atoms with E-state index >= 15 is 0 Å². The smallest absolute Gasteiger partial charge is 0.0892 e. The van der Waals surface area contributed by atoms with E-state index in [-0.39, 0.29) is 12.4 Å². The van der Waals surface area contributed by atoms with Gasteiger partial charge in [-0.05, 0) is 62.0 Å². The molecular formula is C24H36ClNO. The van der Waals surface area contributed by atoms with Gasteiger partial charge in [0, 0.05) is 29.8 Å². The Kier molecular flexibility index (Phi) is 6.34. The molecule has 3 atom stereocenters. The molecule has 0 unspecified atom stereocenters. The molecule has 1 saturated heterocycles. The Hall–Kier alpha value is -0.730. The summed E-state index contributed by atoms with van der Waals surface area (Å²) in [5.41, 5.74) is 4.43. The Morgan fingerprint density at radius 1 is 0.815 bits per heavy atom. The van der Waals surface area contributed by atoms with Gasteiger partial charge < -0.3 is 10.1 Å². The summed E-state index contributed by atoms with van der Waals surface area (Å²) >= 11 is 0. The van der Waals surface area contributed by atoms with Gasteiger partial charge in [0.2, 0.25) is 0 Å². The van der Waals surface area contributed by atoms with Gasteiger partial charge in [0.05, 0.1) is 6.10 Å². The third kappa shape index (κ3) is 3.90. The molecule has 0 radical (unpaired) electrons.